The third-order valence-corrected chi connectivity index (χ3v) is 8.93. The van der Waals surface area contributed by atoms with Gasteiger partial charge in [-0.3, -0.25) is 19.9 Å². The molecule has 1 aliphatic rings. The molecule has 13 heteroatoms. The van der Waals surface area contributed by atoms with Crippen LogP contribution in [0.1, 0.15) is 11.1 Å². The van der Waals surface area contributed by atoms with Crippen LogP contribution >= 0.6 is 23.1 Å². The van der Waals surface area contributed by atoms with Crippen LogP contribution in [0.3, 0.4) is 0 Å². The number of nitrogens with zero attached hydrogens (tertiary/aromatic N) is 4. The molecule has 1 saturated heterocycles. The van der Waals surface area contributed by atoms with Gasteiger partial charge in [-0.2, -0.15) is 0 Å². The third kappa shape index (κ3) is 7.80. The summed E-state index contributed by atoms with van der Waals surface area (Å²) in [5, 5.41) is 14.7. The molecule has 5 rings (SSSR count). The molecule has 1 aromatic heterocycles. The van der Waals surface area contributed by atoms with Crippen LogP contribution in [0.25, 0.3) is 10.2 Å². The second-order valence-electron chi connectivity index (χ2n) is 9.57. The Kier molecular flexibility index (Phi) is 10.1. The number of anilines is 1. The maximum absolute atomic E-state index is 12.4. The molecule has 0 spiro atoms. The second-order valence-corrected chi connectivity index (χ2v) is 11.8. The van der Waals surface area contributed by atoms with Gasteiger partial charge in [-0.25, -0.2) is 4.98 Å². The zero-order valence-electron chi connectivity index (χ0n) is 23.8. The summed E-state index contributed by atoms with van der Waals surface area (Å²) >= 11 is 2.88. The van der Waals surface area contributed by atoms with E-state index in [9.17, 15) is 14.9 Å². The number of nitrogens with one attached hydrogen (secondary N) is 1. The van der Waals surface area contributed by atoms with Crippen molar-refractivity contribution in [2.45, 2.75) is 10.8 Å². The maximum atomic E-state index is 12.4. The number of nitro groups is 1. The van der Waals surface area contributed by atoms with Gasteiger partial charge < -0.3 is 24.4 Å². The number of thiazole rings is 1. The van der Waals surface area contributed by atoms with Crippen molar-refractivity contribution < 1.29 is 23.9 Å². The van der Waals surface area contributed by atoms with Crippen LogP contribution < -0.4 is 19.7 Å². The van der Waals surface area contributed by atoms with E-state index in [2.05, 4.69) is 15.3 Å². The minimum Gasteiger partial charge on any atom is -0.493 e. The Labute approximate surface area is 257 Å². The van der Waals surface area contributed by atoms with Gasteiger partial charge in [0, 0.05) is 31.9 Å². The topological polar surface area (TPSA) is 128 Å². The molecule has 1 aliphatic heterocycles. The van der Waals surface area contributed by atoms with E-state index in [1.54, 1.807) is 32.6 Å². The molecule has 0 bridgehead atoms. The molecule has 1 fully saturated rings. The number of methoxy groups -OCH3 is 2. The van der Waals surface area contributed by atoms with Gasteiger partial charge in [0.05, 0.1) is 54.0 Å². The largest absolute Gasteiger partial charge is 0.493 e. The molecule has 3 aromatic carbocycles. The lowest BCUT2D eigenvalue weighted by atomic mass is 10.1. The summed E-state index contributed by atoms with van der Waals surface area (Å²) in [7, 11) is 3.19. The third-order valence-electron chi connectivity index (χ3n) is 6.77. The summed E-state index contributed by atoms with van der Waals surface area (Å²) in [5.74, 6) is 1.52. The molecule has 11 nitrogen and oxygen atoms in total. The number of benzene rings is 3. The first-order valence-corrected chi connectivity index (χ1v) is 15.4. The second kappa shape index (κ2) is 14.3. The predicted molar refractivity (Wildman–Crippen MR) is 170 cm³/mol. The van der Waals surface area contributed by atoms with Crippen LogP contribution in [-0.2, 0) is 16.0 Å². The zero-order valence-corrected chi connectivity index (χ0v) is 25.4. The molecule has 0 unspecified atom stereocenters. The van der Waals surface area contributed by atoms with Crippen molar-refractivity contribution in [3.63, 3.8) is 0 Å². The monoisotopic (exact) mass is 621 g/mol. The molecule has 43 heavy (non-hydrogen) atoms. The van der Waals surface area contributed by atoms with E-state index >= 15 is 0 Å². The van der Waals surface area contributed by atoms with E-state index < -0.39 is 0 Å². The quantitative estimate of drug-likeness (QED) is 0.0975. The molecular weight excluding hydrogens is 590 g/mol. The van der Waals surface area contributed by atoms with E-state index in [0.717, 1.165) is 20.1 Å². The molecule has 224 valence electrons. The fourth-order valence-electron chi connectivity index (χ4n) is 4.58. The number of hydrogen-bond acceptors (Lipinski definition) is 11. The summed E-state index contributed by atoms with van der Waals surface area (Å²) < 4.78 is 17.7. The molecule has 0 saturated carbocycles. The summed E-state index contributed by atoms with van der Waals surface area (Å²) in [5.41, 5.74) is 3.86. The first kappa shape index (κ1) is 30.3. The lowest BCUT2D eigenvalue weighted by Crippen LogP contribution is -2.36. The number of ether oxygens (including phenoxy) is 3. The molecule has 4 aromatic rings. The fourth-order valence-corrected chi connectivity index (χ4v) is 6.51. The number of nitro benzene ring substituents is 1. The van der Waals surface area contributed by atoms with E-state index in [1.165, 1.54) is 23.1 Å². The van der Waals surface area contributed by atoms with Crippen LogP contribution in [0, 0.1) is 10.1 Å². The molecular formula is C30H31N5O6S2. The van der Waals surface area contributed by atoms with Crippen molar-refractivity contribution >= 4 is 62.5 Å². The number of aromatic nitrogens is 1. The zero-order chi connectivity index (χ0) is 30.2. The maximum Gasteiger partial charge on any atom is 0.293 e. The van der Waals surface area contributed by atoms with Gasteiger partial charge in [-0.1, -0.05) is 23.9 Å². The van der Waals surface area contributed by atoms with E-state index in [-0.39, 0.29) is 22.3 Å². The van der Waals surface area contributed by atoms with Crippen molar-refractivity contribution in [3.05, 3.63) is 75.8 Å². The first-order chi connectivity index (χ1) is 20.9. The minimum absolute atomic E-state index is 0.0513. The van der Waals surface area contributed by atoms with Gasteiger partial charge in [0.1, 0.15) is 5.69 Å². The highest BCUT2D eigenvalue weighted by Gasteiger charge is 2.21. The Balaban J connectivity index is 1.16. The number of carbonyl (C=O) groups excluding carboxylic acids is 1. The summed E-state index contributed by atoms with van der Waals surface area (Å²) in [6.45, 7) is 2.85. The van der Waals surface area contributed by atoms with Crippen LogP contribution in [-0.4, -0.2) is 74.8 Å². The summed E-state index contributed by atoms with van der Waals surface area (Å²) in [4.78, 5) is 35.0. The van der Waals surface area contributed by atoms with Crippen molar-refractivity contribution in [1.29, 1.82) is 0 Å². The van der Waals surface area contributed by atoms with E-state index in [0.29, 0.717) is 67.7 Å². The number of aliphatic imine (C=N–C) groups is 1. The number of rotatable bonds is 12. The van der Waals surface area contributed by atoms with Gasteiger partial charge >= 0.3 is 0 Å². The number of thioether (sulfide) groups is 1. The molecule has 1 N–H and O–H groups in total. The molecule has 0 aliphatic carbocycles. The summed E-state index contributed by atoms with van der Waals surface area (Å²) in [6, 6.07) is 16.5. The van der Waals surface area contributed by atoms with Gasteiger partial charge in [0.15, 0.2) is 15.8 Å². The molecule has 2 heterocycles. The highest BCUT2D eigenvalue weighted by atomic mass is 32.2. The number of carbonyl (C=O) groups is 1. The minimum atomic E-state index is -0.358. The molecule has 1 amide bonds. The Bertz CT molecular complexity index is 1640. The number of hydrogen-bond donors (Lipinski definition) is 1. The van der Waals surface area contributed by atoms with Gasteiger partial charge in [0.25, 0.3) is 5.69 Å². The number of fused-ring (bicyclic) bond motifs is 1. The van der Waals surface area contributed by atoms with E-state index in [4.69, 9.17) is 14.2 Å². The van der Waals surface area contributed by atoms with Crippen LogP contribution in [0.4, 0.5) is 17.1 Å². The van der Waals surface area contributed by atoms with Crippen LogP contribution in [0.5, 0.6) is 11.5 Å². The SMILES string of the molecule is COc1ccc(CCNC(=O)CSc2nc3ccc(N=Cc4ccc(N5CCOCC5)c([N+](=O)[O-])c4)cc3s2)cc1OC. The van der Waals surface area contributed by atoms with Crippen molar-refractivity contribution in [3.8, 4) is 11.5 Å². The Morgan fingerprint density at radius 3 is 2.72 bits per heavy atom. The Morgan fingerprint density at radius 1 is 1.14 bits per heavy atom. The smallest absolute Gasteiger partial charge is 0.293 e. The highest BCUT2D eigenvalue weighted by molar-refractivity contribution is 8.01. The number of morpholine rings is 1. The Morgan fingerprint density at radius 2 is 1.95 bits per heavy atom. The first-order valence-electron chi connectivity index (χ1n) is 13.6. The average Bonchev–Trinajstić information content (AvgIpc) is 3.45. The molecule has 0 radical (unpaired) electrons. The lowest BCUT2D eigenvalue weighted by molar-refractivity contribution is -0.384. The lowest BCUT2D eigenvalue weighted by Gasteiger charge is -2.28. The van der Waals surface area contributed by atoms with Gasteiger partial charge in [-0.15, -0.1) is 11.3 Å². The van der Waals surface area contributed by atoms with Crippen LogP contribution in [0.2, 0.25) is 0 Å². The van der Waals surface area contributed by atoms with E-state index in [1.807, 2.05) is 47.4 Å². The number of amides is 1. The van der Waals surface area contributed by atoms with Crippen LogP contribution in [0.15, 0.2) is 63.9 Å². The summed E-state index contributed by atoms with van der Waals surface area (Å²) in [6.07, 6.45) is 2.30. The highest BCUT2D eigenvalue weighted by Crippen LogP contribution is 2.33. The van der Waals surface area contributed by atoms with Gasteiger partial charge in [0.2, 0.25) is 5.91 Å². The predicted octanol–water partition coefficient (Wildman–Crippen LogP) is 5.26. The Hall–Kier alpha value is -4.20. The van der Waals surface area contributed by atoms with Crippen molar-refractivity contribution in [1.82, 2.24) is 10.3 Å². The van der Waals surface area contributed by atoms with Crippen molar-refractivity contribution in [2.24, 2.45) is 4.99 Å². The molecule has 0 atom stereocenters. The normalized spacial score (nSPS) is 13.4. The average molecular weight is 622 g/mol. The standard InChI is InChI=1S/C30H31N5O6S2/c1-39-26-8-4-20(16-27(26)40-2)9-10-31-29(36)19-42-30-33-23-6-5-22(17-28(23)43-30)32-18-21-3-7-24(25(15-21)35(37)38)34-11-13-41-14-12-34/h3-8,15-18H,9-14,19H2,1-2H3,(H,31,36). The van der Waals surface area contributed by atoms with Gasteiger partial charge in [-0.05, 0) is 53.9 Å². The fraction of sp³-hybridized carbons (Fsp3) is 0.300. The van der Waals surface area contributed by atoms with Crippen molar-refractivity contribution in [2.75, 3.05) is 57.7 Å².